The molecular weight excluding hydrogens is 240 g/mol. The molecule has 10 heteroatoms. The second-order valence-electron chi connectivity index (χ2n) is 3.05. The quantitative estimate of drug-likeness (QED) is 0.521. The minimum Gasteiger partial charge on any atom is -0.359 e. The molecule has 0 amide bonds. The Bertz CT molecular complexity index is 655. The normalized spacial score (nSPS) is 10.4. The van der Waals surface area contributed by atoms with Gasteiger partial charge in [0.25, 0.3) is 11.4 Å². The Morgan fingerprint density at radius 2 is 1.44 bits per heavy atom. The number of hydrogen-bond donors (Lipinski definition) is 0. The smallest absolute Gasteiger partial charge is 0.296 e. The first-order valence-corrected chi connectivity index (χ1v) is 4.70. The van der Waals surface area contributed by atoms with E-state index in [1.54, 1.807) is 0 Å². The van der Waals surface area contributed by atoms with Crippen LogP contribution in [0.1, 0.15) is 0 Å². The van der Waals surface area contributed by atoms with Gasteiger partial charge in [0, 0.05) is 0 Å². The summed E-state index contributed by atoms with van der Waals surface area (Å²) in [5.74, 6) is 0.315. The van der Waals surface area contributed by atoms with Crippen LogP contribution >= 0.6 is 0 Å². The average Bonchev–Trinajstić information content (AvgIpc) is 2.83. The Hall–Kier alpha value is -3.04. The van der Waals surface area contributed by atoms with Crippen molar-refractivity contribution in [2.45, 2.75) is 0 Å². The highest BCUT2D eigenvalue weighted by Gasteiger charge is 2.27. The van der Waals surface area contributed by atoms with Gasteiger partial charge in [-0.25, -0.2) is 29.9 Å². The molecule has 0 aliphatic rings. The third-order valence-electron chi connectivity index (χ3n) is 2.02. The molecule has 0 spiro atoms. The van der Waals surface area contributed by atoms with Crippen molar-refractivity contribution in [1.82, 2.24) is 35.1 Å². The first-order valence-electron chi connectivity index (χ1n) is 4.70. The Morgan fingerprint density at radius 3 is 2.06 bits per heavy atom. The molecule has 0 unspecified atom stereocenters. The maximum Gasteiger partial charge on any atom is 0.296 e. The summed E-state index contributed by atoms with van der Waals surface area (Å²) in [6, 6.07) is 0. The Morgan fingerprint density at radius 1 is 0.889 bits per heavy atom. The molecule has 3 heterocycles. The van der Waals surface area contributed by atoms with Gasteiger partial charge in [0.15, 0.2) is 0 Å². The van der Waals surface area contributed by atoms with Crippen molar-refractivity contribution >= 4 is 0 Å². The summed E-state index contributed by atoms with van der Waals surface area (Å²) >= 11 is 0. The highest BCUT2D eigenvalue weighted by atomic mass is 16.8. The summed E-state index contributed by atoms with van der Waals surface area (Å²) in [6.45, 7) is 0. The standard InChI is InChI=1S/C8H4N8O2/c17-16-6(8-13-3-10-4-14-8)5(15-18-16)7-11-1-9-2-12-7/h1-4H. The highest BCUT2D eigenvalue weighted by Crippen LogP contribution is 2.20. The highest BCUT2D eigenvalue weighted by molar-refractivity contribution is 5.66. The maximum atomic E-state index is 11.5. The fourth-order valence-electron chi connectivity index (χ4n) is 1.31. The molecule has 0 bridgehead atoms. The lowest BCUT2D eigenvalue weighted by Gasteiger charge is -1.95. The van der Waals surface area contributed by atoms with Crippen LogP contribution in [0.15, 0.2) is 29.9 Å². The summed E-state index contributed by atoms with van der Waals surface area (Å²) in [4.78, 5) is 23.0. The predicted molar refractivity (Wildman–Crippen MR) is 53.1 cm³/mol. The number of rotatable bonds is 2. The lowest BCUT2D eigenvalue weighted by atomic mass is 10.3. The topological polar surface area (TPSA) is 130 Å². The molecule has 88 valence electrons. The molecule has 0 aliphatic heterocycles. The summed E-state index contributed by atoms with van der Waals surface area (Å²) < 4.78 is 4.51. The van der Waals surface area contributed by atoms with Gasteiger partial charge in [-0.3, -0.25) is 4.63 Å². The largest absolute Gasteiger partial charge is 0.359 e. The minimum atomic E-state index is 0.0172. The molecule has 0 fully saturated rings. The van der Waals surface area contributed by atoms with Crippen LogP contribution in [0.2, 0.25) is 0 Å². The second kappa shape index (κ2) is 4.08. The molecule has 0 saturated heterocycles. The van der Waals surface area contributed by atoms with E-state index in [1.807, 2.05) is 0 Å². The van der Waals surface area contributed by atoms with Gasteiger partial charge >= 0.3 is 0 Å². The van der Waals surface area contributed by atoms with Gasteiger partial charge < -0.3 is 5.21 Å². The van der Waals surface area contributed by atoms with Crippen LogP contribution in [-0.4, -0.2) is 35.1 Å². The van der Waals surface area contributed by atoms with Gasteiger partial charge in [-0.15, -0.1) is 0 Å². The molecule has 18 heavy (non-hydrogen) atoms. The third kappa shape index (κ3) is 1.61. The van der Waals surface area contributed by atoms with E-state index in [-0.39, 0.29) is 27.9 Å². The van der Waals surface area contributed by atoms with Gasteiger partial charge in [-0.2, -0.15) is 0 Å². The van der Waals surface area contributed by atoms with Gasteiger partial charge in [-0.1, -0.05) is 0 Å². The van der Waals surface area contributed by atoms with E-state index in [0.717, 1.165) is 0 Å². The van der Waals surface area contributed by atoms with E-state index in [2.05, 4.69) is 39.7 Å². The summed E-state index contributed by atoms with van der Waals surface area (Å²) in [6.07, 6.45) is 5.08. The van der Waals surface area contributed by atoms with Crippen LogP contribution in [-0.2, 0) is 0 Å². The zero-order chi connectivity index (χ0) is 12.4. The molecule has 0 radical (unpaired) electrons. The summed E-state index contributed by atoms with van der Waals surface area (Å²) in [7, 11) is 0. The van der Waals surface area contributed by atoms with Crippen molar-refractivity contribution in [2.75, 3.05) is 0 Å². The zero-order valence-corrected chi connectivity index (χ0v) is 8.70. The van der Waals surface area contributed by atoms with Crippen LogP contribution in [0.25, 0.3) is 23.0 Å². The van der Waals surface area contributed by atoms with Crippen LogP contribution < -0.4 is 4.90 Å². The van der Waals surface area contributed by atoms with Crippen molar-refractivity contribution in [1.29, 1.82) is 0 Å². The molecule has 0 aromatic carbocycles. The number of aromatic nitrogens is 8. The van der Waals surface area contributed by atoms with Crippen molar-refractivity contribution in [3.8, 4) is 23.0 Å². The van der Waals surface area contributed by atoms with E-state index < -0.39 is 0 Å². The molecule has 3 rings (SSSR count). The van der Waals surface area contributed by atoms with Crippen molar-refractivity contribution < 1.29 is 9.53 Å². The molecule has 0 saturated carbocycles. The minimum absolute atomic E-state index is 0.0172. The fourth-order valence-corrected chi connectivity index (χ4v) is 1.31. The van der Waals surface area contributed by atoms with Gasteiger partial charge in [-0.05, 0) is 4.90 Å². The van der Waals surface area contributed by atoms with Crippen LogP contribution in [0.5, 0.6) is 0 Å². The van der Waals surface area contributed by atoms with E-state index in [9.17, 15) is 5.21 Å². The zero-order valence-electron chi connectivity index (χ0n) is 8.70. The Balaban J connectivity index is 2.19. The fraction of sp³-hybridized carbons (Fsp3) is 0. The lowest BCUT2D eigenvalue weighted by Crippen LogP contribution is -2.26. The molecule has 3 aromatic heterocycles. The van der Waals surface area contributed by atoms with Crippen LogP contribution in [0.4, 0.5) is 0 Å². The van der Waals surface area contributed by atoms with Crippen LogP contribution in [0.3, 0.4) is 0 Å². The van der Waals surface area contributed by atoms with Crippen LogP contribution in [0, 0.1) is 5.21 Å². The maximum absolute atomic E-state index is 11.5. The predicted octanol–water partition coefficient (Wildman–Crippen LogP) is -0.988. The van der Waals surface area contributed by atoms with E-state index in [0.29, 0.717) is 0 Å². The summed E-state index contributed by atoms with van der Waals surface area (Å²) in [5, 5.41) is 15.1. The Kier molecular flexibility index (Phi) is 2.30. The first kappa shape index (κ1) is 10.1. The van der Waals surface area contributed by atoms with Gasteiger partial charge in [0.2, 0.25) is 11.6 Å². The van der Waals surface area contributed by atoms with Crippen molar-refractivity contribution in [3.05, 3.63) is 30.5 Å². The van der Waals surface area contributed by atoms with Crippen molar-refractivity contribution in [3.63, 3.8) is 0 Å². The molecule has 10 nitrogen and oxygen atoms in total. The SMILES string of the molecule is [O-][n+]1onc(-c2ncncn2)c1-c1ncncn1. The average molecular weight is 244 g/mol. The Labute approximate surface area is 99.0 Å². The molecule has 3 aromatic rings. The van der Waals surface area contributed by atoms with Gasteiger partial charge in [0.05, 0.1) is 5.16 Å². The molecular formula is C8H4N8O2. The lowest BCUT2D eigenvalue weighted by molar-refractivity contribution is -0.793. The van der Waals surface area contributed by atoms with Gasteiger partial charge in [0.1, 0.15) is 25.3 Å². The first-order chi connectivity index (χ1) is 8.86. The monoisotopic (exact) mass is 244 g/mol. The summed E-state index contributed by atoms with van der Waals surface area (Å²) in [5.41, 5.74) is 0.155. The third-order valence-corrected chi connectivity index (χ3v) is 2.02. The number of nitrogens with zero attached hydrogens (tertiary/aromatic N) is 8. The van der Waals surface area contributed by atoms with E-state index in [1.165, 1.54) is 25.3 Å². The number of hydrogen-bond acceptors (Lipinski definition) is 9. The molecule has 0 N–H and O–H groups in total. The van der Waals surface area contributed by atoms with E-state index in [4.69, 9.17) is 0 Å². The molecule has 0 atom stereocenters. The molecule has 0 aliphatic carbocycles. The van der Waals surface area contributed by atoms with Crippen molar-refractivity contribution in [2.24, 2.45) is 0 Å². The second-order valence-corrected chi connectivity index (χ2v) is 3.05. The van der Waals surface area contributed by atoms with E-state index >= 15 is 0 Å².